The first kappa shape index (κ1) is 16.1. The smallest absolute Gasteiger partial charge is 0.244 e. The molecule has 1 aromatic rings. The van der Waals surface area contributed by atoms with Crippen molar-refractivity contribution in [3.63, 3.8) is 0 Å². The second kappa shape index (κ2) is 6.67. The normalized spacial score (nSPS) is 19.2. The number of methoxy groups -OCH3 is 1. The van der Waals surface area contributed by atoms with E-state index in [1.165, 1.54) is 0 Å². The zero-order valence-corrected chi connectivity index (χ0v) is 13.8. The second-order valence-electron chi connectivity index (χ2n) is 5.78. The SMILES string of the molecule is COc1cc(Cl)c(C)cc1N1CCCC(NC(C)C)C1=O. The average Bonchev–Trinajstić information content (AvgIpc) is 2.43. The molecule has 0 radical (unpaired) electrons. The van der Waals surface area contributed by atoms with Gasteiger partial charge >= 0.3 is 0 Å². The summed E-state index contributed by atoms with van der Waals surface area (Å²) in [6, 6.07) is 3.86. The molecule has 2 rings (SSSR count). The van der Waals surface area contributed by atoms with Crippen LogP contribution in [0.15, 0.2) is 12.1 Å². The maximum Gasteiger partial charge on any atom is 0.244 e. The van der Waals surface area contributed by atoms with Crippen molar-refractivity contribution in [3.8, 4) is 5.75 Å². The Morgan fingerprint density at radius 2 is 2.14 bits per heavy atom. The molecule has 0 bridgehead atoms. The molecule has 116 valence electrons. The Morgan fingerprint density at radius 1 is 1.43 bits per heavy atom. The number of carbonyl (C=O) groups is 1. The zero-order chi connectivity index (χ0) is 15.6. The minimum atomic E-state index is -0.126. The van der Waals surface area contributed by atoms with Gasteiger partial charge in [0.15, 0.2) is 0 Å². The molecule has 1 unspecified atom stereocenters. The Balaban J connectivity index is 2.32. The Kier molecular flexibility index (Phi) is 5.12. The van der Waals surface area contributed by atoms with Crippen molar-refractivity contribution in [2.45, 2.75) is 45.7 Å². The van der Waals surface area contributed by atoms with Crippen LogP contribution in [0.5, 0.6) is 5.75 Å². The van der Waals surface area contributed by atoms with Gasteiger partial charge in [0.2, 0.25) is 5.91 Å². The molecule has 1 aromatic carbocycles. The number of anilines is 1. The van der Waals surface area contributed by atoms with Crippen LogP contribution in [0, 0.1) is 6.92 Å². The Labute approximate surface area is 131 Å². The summed E-state index contributed by atoms with van der Waals surface area (Å²) in [5.74, 6) is 0.749. The number of hydrogen-bond donors (Lipinski definition) is 1. The molecule has 5 heteroatoms. The molecule has 1 aliphatic heterocycles. The van der Waals surface area contributed by atoms with E-state index in [1.807, 2.05) is 17.9 Å². The van der Waals surface area contributed by atoms with Gasteiger partial charge in [-0.1, -0.05) is 25.4 Å². The number of rotatable bonds is 4. The highest BCUT2D eigenvalue weighted by molar-refractivity contribution is 6.31. The number of nitrogens with one attached hydrogen (secondary N) is 1. The number of halogens is 1. The van der Waals surface area contributed by atoms with Crippen molar-refractivity contribution in [1.82, 2.24) is 5.32 Å². The molecule has 21 heavy (non-hydrogen) atoms. The number of ether oxygens (including phenoxy) is 1. The highest BCUT2D eigenvalue weighted by Crippen LogP contribution is 2.35. The summed E-state index contributed by atoms with van der Waals surface area (Å²) >= 11 is 6.14. The van der Waals surface area contributed by atoms with Gasteiger partial charge in [-0.05, 0) is 31.4 Å². The van der Waals surface area contributed by atoms with Gasteiger partial charge in [0.25, 0.3) is 0 Å². The Morgan fingerprint density at radius 3 is 2.76 bits per heavy atom. The number of piperidine rings is 1. The predicted octanol–water partition coefficient (Wildman–Crippen LogP) is 3.15. The van der Waals surface area contributed by atoms with E-state index in [0.717, 1.165) is 24.1 Å². The lowest BCUT2D eigenvalue weighted by molar-refractivity contribution is -0.122. The summed E-state index contributed by atoms with van der Waals surface area (Å²) in [4.78, 5) is 14.5. The largest absolute Gasteiger partial charge is 0.495 e. The molecule has 4 nitrogen and oxygen atoms in total. The maximum absolute atomic E-state index is 12.7. The molecule has 1 fully saturated rings. The summed E-state index contributed by atoms with van der Waals surface area (Å²) < 4.78 is 5.40. The number of nitrogens with zero attached hydrogens (tertiary/aromatic N) is 1. The van der Waals surface area contributed by atoms with E-state index in [1.54, 1.807) is 13.2 Å². The summed E-state index contributed by atoms with van der Waals surface area (Å²) in [7, 11) is 1.60. The molecular weight excluding hydrogens is 288 g/mol. The van der Waals surface area contributed by atoms with Crippen LogP contribution in [0.3, 0.4) is 0 Å². The van der Waals surface area contributed by atoms with Gasteiger partial charge < -0.3 is 15.0 Å². The van der Waals surface area contributed by atoms with E-state index in [0.29, 0.717) is 17.3 Å². The predicted molar refractivity (Wildman–Crippen MR) is 86.4 cm³/mol. The second-order valence-corrected chi connectivity index (χ2v) is 6.19. The summed E-state index contributed by atoms with van der Waals surface area (Å²) in [6.45, 7) is 6.76. The van der Waals surface area contributed by atoms with Crippen LogP contribution < -0.4 is 15.0 Å². The summed E-state index contributed by atoms with van der Waals surface area (Å²) in [5.41, 5.74) is 1.75. The molecule has 1 N–H and O–H groups in total. The van der Waals surface area contributed by atoms with Crippen LogP contribution in [0.1, 0.15) is 32.3 Å². The van der Waals surface area contributed by atoms with Crippen molar-refractivity contribution in [3.05, 3.63) is 22.7 Å². The number of aryl methyl sites for hydroxylation is 1. The number of hydrogen-bond acceptors (Lipinski definition) is 3. The fourth-order valence-corrected chi connectivity index (χ4v) is 2.85. The summed E-state index contributed by atoms with van der Waals surface area (Å²) in [6.07, 6.45) is 1.85. The molecular formula is C16H23ClN2O2. The van der Waals surface area contributed by atoms with Gasteiger partial charge in [0, 0.05) is 23.7 Å². The average molecular weight is 311 g/mol. The van der Waals surface area contributed by atoms with Crippen LogP contribution in [0.4, 0.5) is 5.69 Å². The van der Waals surface area contributed by atoms with Gasteiger partial charge in [-0.15, -0.1) is 0 Å². The first-order valence-electron chi connectivity index (χ1n) is 7.35. The van der Waals surface area contributed by atoms with Gasteiger partial charge in [-0.2, -0.15) is 0 Å². The first-order valence-corrected chi connectivity index (χ1v) is 7.73. The lowest BCUT2D eigenvalue weighted by Gasteiger charge is -2.34. The molecule has 0 saturated carbocycles. The lowest BCUT2D eigenvalue weighted by Crippen LogP contribution is -2.52. The lowest BCUT2D eigenvalue weighted by atomic mass is 10.0. The van der Waals surface area contributed by atoms with E-state index in [9.17, 15) is 4.79 Å². The van der Waals surface area contributed by atoms with Crippen LogP contribution in [0.25, 0.3) is 0 Å². The van der Waals surface area contributed by atoms with E-state index in [4.69, 9.17) is 16.3 Å². The third-order valence-electron chi connectivity index (χ3n) is 3.72. The van der Waals surface area contributed by atoms with E-state index in [2.05, 4.69) is 19.2 Å². The van der Waals surface area contributed by atoms with Crippen LogP contribution >= 0.6 is 11.6 Å². The third kappa shape index (κ3) is 3.50. The monoisotopic (exact) mass is 310 g/mol. The topological polar surface area (TPSA) is 41.6 Å². The quantitative estimate of drug-likeness (QED) is 0.929. The maximum atomic E-state index is 12.7. The van der Waals surface area contributed by atoms with E-state index in [-0.39, 0.29) is 18.0 Å². The van der Waals surface area contributed by atoms with Crippen LogP contribution in [-0.4, -0.2) is 31.6 Å². The molecule has 1 aliphatic rings. The standard InChI is InChI=1S/C16H23ClN2O2/c1-10(2)18-13-6-5-7-19(16(13)20)14-8-11(3)12(17)9-15(14)21-4/h8-10,13,18H,5-7H2,1-4H3. The summed E-state index contributed by atoms with van der Waals surface area (Å²) in [5, 5.41) is 3.99. The Hall–Kier alpha value is -1.26. The molecule has 1 amide bonds. The van der Waals surface area contributed by atoms with Gasteiger partial charge in [-0.25, -0.2) is 0 Å². The fourth-order valence-electron chi connectivity index (χ4n) is 2.69. The number of carbonyl (C=O) groups excluding carboxylic acids is 1. The highest BCUT2D eigenvalue weighted by atomic mass is 35.5. The van der Waals surface area contributed by atoms with E-state index >= 15 is 0 Å². The fraction of sp³-hybridized carbons (Fsp3) is 0.562. The molecule has 0 aliphatic carbocycles. The minimum Gasteiger partial charge on any atom is -0.495 e. The van der Waals surface area contributed by atoms with E-state index < -0.39 is 0 Å². The number of amides is 1. The van der Waals surface area contributed by atoms with Gasteiger partial charge in [0.05, 0.1) is 18.8 Å². The van der Waals surface area contributed by atoms with Crippen molar-refractivity contribution >= 4 is 23.2 Å². The van der Waals surface area contributed by atoms with Crippen molar-refractivity contribution < 1.29 is 9.53 Å². The van der Waals surface area contributed by atoms with Gasteiger partial charge in [0.1, 0.15) is 5.75 Å². The number of benzene rings is 1. The van der Waals surface area contributed by atoms with Crippen LogP contribution in [0.2, 0.25) is 5.02 Å². The highest BCUT2D eigenvalue weighted by Gasteiger charge is 2.31. The van der Waals surface area contributed by atoms with Crippen molar-refractivity contribution in [2.24, 2.45) is 0 Å². The van der Waals surface area contributed by atoms with Crippen molar-refractivity contribution in [1.29, 1.82) is 0 Å². The van der Waals surface area contributed by atoms with Gasteiger partial charge in [-0.3, -0.25) is 4.79 Å². The minimum absolute atomic E-state index is 0.106. The zero-order valence-electron chi connectivity index (χ0n) is 13.1. The van der Waals surface area contributed by atoms with Crippen molar-refractivity contribution in [2.75, 3.05) is 18.6 Å². The molecule has 0 aromatic heterocycles. The Bertz CT molecular complexity index is 531. The molecule has 1 saturated heterocycles. The first-order chi connectivity index (χ1) is 9.93. The molecule has 1 heterocycles. The third-order valence-corrected chi connectivity index (χ3v) is 4.13. The van der Waals surface area contributed by atoms with Crippen LogP contribution in [-0.2, 0) is 4.79 Å². The molecule has 1 atom stereocenters. The molecule has 0 spiro atoms.